The summed E-state index contributed by atoms with van der Waals surface area (Å²) in [4.78, 5) is 18.4. The van der Waals surface area contributed by atoms with E-state index in [1.807, 2.05) is 0 Å². The zero-order valence-electron chi connectivity index (χ0n) is 7.66. The molecule has 0 aliphatic rings. The second kappa shape index (κ2) is 14.8. The van der Waals surface area contributed by atoms with Crippen LogP contribution in [-0.4, -0.2) is 26.1 Å². The molecule has 0 amide bonds. The Morgan fingerprint density at radius 3 is 1.58 bits per heavy atom. The number of aliphatic hydroxyl groups is 1. The summed E-state index contributed by atoms with van der Waals surface area (Å²) in [5, 5.41) is 17.3. The minimum absolute atomic E-state index is 0. The summed E-state index contributed by atoms with van der Waals surface area (Å²) in [6.45, 7) is 2.29. The van der Waals surface area contributed by atoms with Gasteiger partial charge in [0.25, 0.3) is 0 Å². The fraction of sp³-hybridized carbons (Fsp3) is 0.750. The second-order valence-corrected chi connectivity index (χ2v) is 2.47. The van der Waals surface area contributed by atoms with Crippen LogP contribution >= 0.6 is 0 Å². The Balaban J connectivity index is -0.0000000483. The van der Waals surface area contributed by atoms with Crippen molar-refractivity contribution in [2.75, 3.05) is 0 Å². The van der Waals surface area contributed by atoms with E-state index in [0.29, 0.717) is 0 Å². The van der Waals surface area contributed by atoms with E-state index >= 15 is 0 Å². The molecule has 0 radical (unpaired) electrons. The van der Waals surface area contributed by atoms with Crippen molar-refractivity contribution in [2.45, 2.75) is 19.6 Å². The molecule has 0 aliphatic carbocycles. The summed E-state index contributed by atoms with van der Waals surface area (Å²) in [6.07, 6.45) is -1.34. The van der Waals surface area contributed by atoms with Gasteiger partial charge in [0.05, 0.1) is 12.1 Å². The Labute approximate surface area is 117 Å². The monoisotopic (exact) mass is 210 g/mol. The fourth-order valence-corrected chi connectivity index (χ4v) is 0. The summed E-state index contributed by atoms with van der Waals surface area (Å²) in [5.41, 5.74) is 0. The number of carboxylic acid groups (broad SMARTS) is 1. The van der Waals surface area contributed by atoms with E-state index in [0.717, 1.165) is 13.5 Å². The molecule has 0 aromatic carbocycles. The first-order chi connectivity index (χ1) is 4.37. The SMILES string of the molecule is CC(O)C(=O)[O-].C[Si](=O)[O-].[Na+].[Na+]. The van der Waals surface area contributed by atoms with Crippen molar-refractivity contribution < 1.29 is 83.4 Å². The van der Waals surface area contributed by atoms with Crippen molar-refractivity contribution in [2.24, 2.45) is 0 Å². The summed E-state index contributed by atoms with van der Waals surface area (Å²) < 4.78 is 9.07. The molecular weight excluding hydrogens is 202 g/mol. The average molecular weight is 210 g/mol. The third-order valence-electron chi connectivity index (χ3n) is 0.341. The topological polar surface area (TPSA) is 100 Å². The Bertz CT molecular complexity index is 125. The van der Waals surface area contributed by atoms with E-state index in [9.17, 15) is 9.90 Å². The standard InChI is InChI=1S/C3H6O3.CH3O2Si.2Na/c1-2(4)3(5)6;1-4(2)3;;/h2,4H,1H3,(H,5,6);1H3;;/q;-1;2*+1/p-1. The molecule has 0 aromatic rings. The van der Waals surface area contributed by atoms with Gasteiger partial charge in [0.2, 0.25) is 0 Å². The molecule has 0 rings (SSSR count). The smallest absolute Gasteiger partial charge is 0.588 e. The number of aliphatic carboxylic acids is 1. The predicted octanol–water partition coefficient (Wildman–Crippen LogP) is -8.98. The predicted molar refractivity (Wildman–Crippen MR) is 29.0 cm³/mol. The Morgan fingerprint density at radius 1 is 1.50 bits per heavy atom. The number of carbonyl (C=O) groups excluding carboxylic acids is 1. The third kappa shape index (κ3) is 42.9. The molecule has 0 aromatic heterocycles. The molecule has 0 aliphatic heterocycles. The van der Waals surface area contributed by atoms with E-state index in [4.69, 9.17) is 14.4 Å². The summed E-state index contributed by atoms with van der Waals surface area (Å²) in [6, 6.07) is 0. The van der Waals surface area contributed by atoms with Crippen LogP contribution in [0.25, 0.3) is 0 Å². The van der Waals surface area contributed by atoms with Crippen molar-refractivity contribution in [1.82, 2.24) is 0 Å². The van der Waals surface area contributed by atoms with Crippen molar-refractivity contribution in [1.29, 1.82) is 0 Å². The molecule has 1 N–H and O–H groups in total. The maximum absolute atomic E-state index is 9.34. The zero-order valence-corrected chi connectivity index (χ0v) is 12.7. The molecule has 0 heterocycles. The second-order valence-electron chi connectivity index (χ2n) is 1.49. The molecule has 0 bridgehead atoms. The summed E-state index contributed by atoms with van der Waals surface area (Å²) in [7, 11) is -2.38. The molecular formula is C4H8Na2O5Si. The normalized spacial score (nSPS) is 8.92. The molecule has 60 valence electrons. The van der Waals surface area contributed by atoms with E-state index < -0.39 is 21.0 Å². The van der Waals surface area contributed by atoms with Gasteiger partial charge in [-0.2, -0.15) is 0 Å². The van der Waals surface area contributed by atoms with E-state index in [-0.39, 0.29) is 59.1 Å². The average Bonchev–Trinajstić information content (AvgIpc) is 1.63. The number of hydrogen-bond donors (Lipinski definition) is 1. The first-order valence-corrected chi connectivity index (χ1v) is 4.26. The van der Waals surface area contributed by atoms with Crippen LogP contribution in [0.3, 0.4) is 0 Å². The molecule has 0 fully saturated rings. The van der Waals surface area contributed by atoms with Crippen molar-refractivity contribution in [3.05, 3.63) is 0 Å². The summed E-state index contributed by atoms with van der Waals surface area (Å²) in [5.74, 6) is -1.44. The Kier molecular flexibility index (Phi) is 28.6. The van der Waals surface area contributed by atoms with Gasteiger partial charge in [-0.25, -0.2) is 0 Å². The number of rotatable bonds is 1. The Hall–Kier alpha value is 1.25. The van der Waals surface area contributed by atoms with Gasteiger partial charge in [0, 0.05) is 0 Å². The number of carboxylic acids is 1. The molecule has 0 saturated carbocycles. The Morgan fingerprint density at radius 2 is 1.58 bits per heavy atom. The molecule has 12 heavy (non-hydrogen) atoms. The van der Waals surface area contributed by atoms with Gasteiger partial charge in [-0.3, -0.25) is 0 Å². The first-order valence-electron chi connectivity index (χ1n) is 2.44. The fourth-order valence-electron chi connectivity index (χ4n) is 0. The first kappa shape index (κ1) is 23.2. The molecule has 0 saturated heterocycles. The summed E-state index contributed by atoms with van der Waals surface area (Å²) >= 11 is 0. The van der Waals surface area contributed by atoms with Crippen molar-refractivity contribution in [3.8, 4) is 0 Å². The number of carbonyl (C=O) groups is 1. The van der Waals surface area contributed by atoms with Crippen molar-refractivity contribution in [3.63, 3.8) is 0 Å². The molecule has 0 spiro atoms. The van der Waals surface area contributed by atoms with Crippen LogP contribution in [0.5, 0.6) is 0 Å². The number of hydrogen-bond acceptors (Lipinski definition) is 5. The zero-order chi connectivity index (χ0) is 8.73. The van der Waals surface area contributed by atoms with Crippen LogP contribution in [0.2, 0.25) is 6.55 Å². The third-order valence-corrected chi connectivity index (χ3v) is 0.341. The van der Waals surface area contributed by atoms with Crippen LogP contribution in [-0.2, 0) is 9.26 Å². The quantitative estimate of drug-likeness (QED) is 0.433. The maximum Gasteiger partial charge on any atom is 1.00 e. The number of aliphatic hydroxyl groups excluding tert-OH is 1. The molecule has 5 nitrogen and oxygen atoms in total. The van der Waals surface area contributed by atoms with Crippen LogP contribution in [0.4, 0.5) is 0 Å². The van der Waals surface area contributed by atoms with Gasteiger partial charge < -0.3 is 24.3 Å². The van der Waals surface area contributed by atoms with Crippen LogP contribution in [0, 0.1) is 0 Å². The van der Waals surface area contributed by atoms with Crippen molar-refractivity contribution >= 4 is 14.9 Å². The van der Waals surface area contributed by atoms with Crippen LogP contribution < -0.4 is 69.0 Å². The van der Waals surface area contributed by atoms with Gasteiger partial charge in [0.15, 0.2) is 0 Å². The van der Waals surface area contributed by atoms with E-state index in [1.165, 1.54) is 0 Å². The molecule has 1 atom stereocenters. The largest absolute Gasteiger partial charge is 1.00 e. The van der Waals surface area contributed by atoms with Crippen LogP contribution in [0.15, 0.2) is 0 Å². The van der Waals surface area contributed by atoms with Crippen LogP contribution in [0.1, 0.15) is 6.92 Å². The van der Waals surface area contributed by atoms with Gasteiger partial charge in [-0.15, -0.1) is 0 Å². The van der Waals surface area contributed by atoms with E-state index in [1.54, 1.807) is 0 Å². The van der Waals surface area contributed by atoms with Gasteiger partial charge in [-0.05, 0) is 13.5 Å². The molecule has 8 heteroatoms. The maximum atomic E-state index is 9.34. The minimum Gasteiger partial charge on any atom is -0.588 e. The van der Waals surface area contributed by atoms with Gasteiger partial charge in [-0.1, -0.05) is 0 Å². The molecule has 1 unspecified atom stereocenters. The van der Waals surface area contributed by atoms with Gasteiger partial charge >= 0.3 is 59.1 Å². The van der Waals surface area contributed by atoms with E-state index in [2.05, 4.69) is 0 Å². The van der Waals surface area contributed by atoms with Gasteiger partial charge in [0.1, 0.15) is 8.93 Å². The minimum atomic E-state index is -2.38.